The highest BCUT2D eigenvalue weighted by molar-refractivity contribution is 5.86. The summed E-state index contributed by atoms with van der Waals surface area (Å²) in [6.07, 6.45) is -7.11. The third kappa shape index (κ3) is 7.24. The van der Waals surface area contributed by atoms with Crippen molar-refractivity contribution >= 4 is 11.8 Å². The maximum atomic E-state index is 12.6. The number of hydrogen-bond donors (Lipinski definition) is 2. The van der Waals surface area contributed by atoms with Crippen LogP contribution in [0.3, 0.4) is 0 Å². The predicted molar refractivity (Wildman–Crippen MR) is 121 cm³/mol. The van der Waals surface area contributed by atoms with Crippen LogP contribution in [0.4, 0.5) is 13.2 Å². The van der Waals surface area contributed by atoms with E-state index in [0.717, 1.165) is 17.7 Å². The van der Waals surface area contributed by atoms with E-state index in [2.05, 4.69) is 9.64 Å². The molecule has 2 N–H and O–H groups in total. The molecular weight excluding hydrogens is 499 g/mol. The topological polar surface area (TPSA) is 112 Å². The minimum absolute atomic E-state index is 0.204. The fourth-order valence-corrected chi connectivity index (χ4v) is 4.05. The number of ether oxygens (including phenoxy) is 3. The van der Waals surface area contributed by atoms with Gasteiger partial charge in [-0.15, -0.1) is 13.2 Å². The molecule has 1 atom stereocenters. The standard InChI is InChI=1S/C24H26F3N3O7/c25-24(26,27)37-18-4-1-16(2-5-18)14-30(34)23(33)19(31)12-22(32)29-9-7-28(8-10-29)13-17-3-6-20-21(11-17)36-15-35-20/h1-6,11,19,31,34H,7-10,12-15H2/t19-/m0/s1. The normalized spacial score (nSPS) is 16.4. The number of benzene rings is 2. The van der Waals surface area contributed by atoms with Gasteiger partial charge in [-0.3, -0.25) is 19.7 Å². The largest absolute Gasteiger partial charge is 0.573 e. The lowest BCUT2D eigenvalue weighted by Gasteiger charge is -2.35. The SMILES string of the molecule is O=C([C@@H](O)CC(=O)N1CCN(Cc2ccc3c(c2)OCO3)CC1)N(O)Cc1ccc(OC(F)(F)F)cc1. The number of rotatable bonds is 8. The molecule has 2 aromatic carbocycles. The van der Waals surface area contributed by atoms with Crippen molar-refractivity contribution in [3.63, 3.8) is 0 Å². The van der Waals surface area contributed by atoms with Crippen LogP contribution in [0, 0.1) is 0 Å². The van der Waals surface area contributed by atoms with Gasteiger partial charge in [0.2, 0.25) is 12.7 Å². The second kappa shape index (κ2) is 11.2. The van der Waals surface area contributed by atoms with Crippen molar-refractivity contribution in [3.8, 4) is 17.2 Å². The molecule has 2 aliphatic rings. The molecule has 0 radical (unpaired) electrons. The lowest BCUT2D eigenvalue weighted by molar-refractivity contribution is -0.274. The van der Waals surface area contributed by atoms with Crippen molar-refractivity contribution in [2.45, 2.75) is 32.0 Å². The van der Waals surface area contributed by atoms with Gasteiger partial charge in [0.15, 0.2) is 11.5 Å². The summed E-state index contributed by atoms with van der Waals surface area (Å²) >= 11 is 0. The summed E-state index contributed by atoms with van der Waals surface area (Å²) in [5, 5.41) is 20.4. The summed E-state index contributed by atoms with van der Waals surface area (Å²) in [5.41, 5.74) is 1.35. The molecule has 0 aromatic heterocycles. The van der Waals surface area contributed by atoms with Gasteiger partial charge < -0.3 is 24.2 Å². The fourth-order valence-electron chi connectivity index (χ4n) is 4.05. The van der Waals surface area contributed by atoms with E-state index in [-0.39, 0.29) is 11.9 Å². The summed E-state index contributed by atoms with van der Waals surface area (Å²) in [5.74, 6) is -0.553. The molecule has 0 aliphatic carbocycles. The number of hydrogen-bond acceptors (Lipinski definition) is 8. The van der Waals surface area contributed by atoms with E-state index in [9.17, 15) is 33.1 Å². The van der Waals surface area contributed by atoms with Gasteiger partial charge in [0.1, 0.15) is 11.9 Å². The Morgan fingerprint density at radius 2 is 1.65 bits per heavy atom. The van der Waals surface area contributed by atoms with Crippen molar-refractivity contribution in [1.29, 1.82) is 0 Å². The molecule has 37 heavy (non-hydrogen) atoms. The Balaban J connectivity index is 1.20. The molecule has 13 heteroatoms. The number of hydroxylamine groups is 2. The Kier molecular flexibility index (Phi) is 8.05. The number of nitrogens with zero attached hydrogens (tertiary/aromatic N) is 3. The van der Waals surface area contributed by atoms with Crippen LogP contribution >= 0.6 is 0 Å². The minimum atomic E-state index is -4.84. The maximum absolute atomic E-state index is 12.6. The van der Waals surface area contributed by atoms with Crippen LogP contribution in [-0.2, 0) is 22.7 Å². The average molecular weight is 525 g/mol. The first kappa shape index (κ1) is 26.5. The third-order valence-electron chi connectivity index (χ3n) is 5.96. The average Bonchev–Trinajstić information content (AvgIpc) is 3.32. The summed E-state index contributed by atoms with van der Waals surface area (Å²) in [6, 6.07) is 10.3. The van der Waals surface area contributed by atoms with Gasteiger partial charge in [0, 0.05) is 32.7 Å². The fraction of sp³-hybridized carbons (Fsp3) is 0.417. The molecule has 1 fully saturated rings. The number of alkyl halides is 3. The van der Waals surface area contributed by atoms with E-state index >= 15 is 0 Å². The van der Waals surface area contributed by atoms with Gasteiger partial charge >= 0.3 is 6.36 Å². The molecule has 10 nitrogen and oxygen atoms in total. The highest BCUT2D eigenvalue weighted by atomic mass is 19.4. The number of fused-ring (bicyclic) bond motifs is 1. The van der Waals surface area contributed by atoms with Gasteiger partial charge in [-0.05, 0) is 35.4 Å². The van der Waals surface area contributed by atoms with E-state index in [0.29, 0.717) is 49.8 Å². The zero-order valence-electron chi connectivity index (χ0n) is 19.7. The molecule has 0 unspecified atom stereocenters. The molecule has 2 amide bonds. The van der Waals surface area contributed by atoms with Crippen LogP contribution in [0.2, 0.25) is 0 Å². The molecule has 1 saturated heterocycles. The number of aliphatic hydroxyl groups is 1. The van der Waals surface area contributed by atoms with E-state index < -0.39 is 43.0 Å². The van der Waals surface area contributed by atoms with Gasteiger partial charge in [0.05, 0.1) is 13.0 Å². The Morgan fingerprint density at radius 1 is 1.00 bits per heavy atom. The molecular formula is C24H26F3N3O7. The first-order valence-corrected chi connectivity index (χ1v) is 11.5. The van der Waals surface area contributed by atoms with Crippen LogP contribution < -0.4 is 14.2 Å². The monoisotopic (exact) mass is 525 g/mol. The van der Waals surface area contributed by atoms with Gasteiger partial charge in [-0.1, -0.05) is 18.2 Å². The zero-order chi connectivity index (χ0) is 26.6. The highest BCUT2D eigenvalue weighted by Gasteiger charge is 2.31. The first-order chi connectivity index (χ1) is 17.6. The quantitative estimate of drug-likeness (QED) is 0.398. The van der Waals surface area contributed by atoms with E-state index in [1.165, 1.54) is 12.1 Å². The van der Waals surface area contributed by atoms with Gasteiger partial charge in [0.25, 0.3) is 5.91 Å². The highest BCUT2D eigenvalue weighted by Crippen LogP contribution is 2.33. The van der Waals surface area contributed by atoms with Gasteiger partial charge in [-0.25, -0.2) is 5.06 Å². The molecule has 0 spiro atoms. The second-order valence-corrected chi connectivity index (χ2v) is 8.65. The van der Waals surface area contributed by atoms with E-state index in [4.69, 9.17) is 9.47 Å². The van der Waals surface area contributed by atoms with Crippen molar-refractivity contribution in [2.75, 3.05) is 33.0 Å². The van der Waals surface area contributed by atoms with Crippen LogP contribution in [0.25, 0.3) is 0 Å². The number of amides is 2. The van der Waals surface area contributed by atoms with Crippen molar-refractivity contribution in [1.82, 2.24) is 14.9 Å². The first-order valence-electron chi connectivity index (χ1n) is 11.5. The van der Waals surface area contributed by atoms with Crippen molar-refractivity contribution in [3.05, 3.63) is 53.6 Å². The van der Waals surface area contributed by atoms with Gasteiger partial charge in [-0.2, -0.15) is 0 Å². The lowest BCUT2D eigenvalue weighted by atomic mass is 10.1. The molecule has 0 saturated carbocycles. The maximum Gasteiger partial charge on any atom is 0.573 e. The molecule has 2 aromatic rings. The molecule has 200 valence electrons. The lowest BCUT2D eigenvalue weighted by Crippen LogP contribution is -2.49. The number of halogens is 3. The Bertz CT molecular complexity index is 1110. The molecule has 2 aliphatic heterocycles. The van der Waals surface area contributed by atoms with Crippen molar-refractivity contribution in [2.24, 2.45) is 0 Å². The van der Waals surface area contributed by atoms with Crippen LogP contribution in [-0.4, -0.2) is 82.4 Å². The summed E-state index contributed by atoms with van der Waals surface area (Å²) in [4.78, 5) is 28.6. The molecule has 2 heterocycles. The zero-order valence-corrected chi connectivity index (χ0v) is 19.7. The summed E-state index contributed by atoms with van der Waals surface area (Å²) in [7, 11) is 0. The predicted octanol–water partition coefficient (Wildman–Crippen LogP) is 2.13. The number of aliphatic hydroxyl groups excluding tert-OH is 1. The van der Waals surface area contributed by atoms with Crippen LogP contribution in [0.15, 0.2) is 42.5 Å². The molecule has 0 bridgehead atoms. The van der Waals surface area contributed by atoms with Crippen LogP contribution in [0.5, 0.6) is 17.2 Å². The smallest absolute Gasteiger partial charge is 0.454 e. The third-order valence-corrected chi connectivity index (χ3v) is 5.96. The van der Waals surface area contributed by atoms with E-state index in [1.807, 2.05) is 18.2 Å². The minimum Gasteiger partial charge on any atom is -0.454 e. The Morgan fingerprint density at radius 3 is 2.32 bits per heavy atom. The van der Waals surface area contributed by atoms with Crippen molar-refractivity contribution < 1.29 is 47.3 Å². The Hall–Kier alpha value is -3.55. The number of carbonyl (C=O) groups excluding carboxylic acids is 2. The van der Waals surface area contributed by atoms with Crippen LogP contribution in [0.1, 0.15) is 17.5 Å². The summed E-state index contributed by atoms with van der Waals surface area (Å²) < 4.78 is 51.2. The number of carbonyl (C=O) groups is 2. The number of piperazine rings is 1. The Labute approximate surface area is 210 Å². The molecule has 4 rings (SSSR count). The van der Waals surface area contributed by atoms with E-state index in [1.54, 1.807) is 4.90 Å². The second-order valence-electron chi connectivity index (χ2n) is 8.65. The summed E-state index contributed by atoms with van der Waals surface area (Å²) in [6.45, 7) is 2.51.